The summed E-state index contributed by atoms with van der Waals surface area (Å²) < 4.78 is 0. The van der Waals surface area contributed by atoms with Gasteiger partial charge in [0.05, 0.1) is 12.3 Å². The first-order chi connectivity index (χ1) is 19.8. The van der Waals surface area contributed by atoms with Crippen molar-refractivity contribution in [2.24, 2.45) is 0 Å². The standard InChI is InChI=1S/C37H25N3/c1-38-28-17-12-25-22-23-39(35(25)24-28)33-20-15-26-14-19-32-34(21-16-27-13-18-31(33)36(26)37(27)32)40(29-8-4-2-5-9-29)30-10-6-3-7-11-30/h2-21,24H,22-23H2. The van der Waals surface area contributed by atoms with Crippen molar-refractivity contribution in [2.45, 2.75) is 6.42 Å². The van der Waals surface area contributed by atoms with Crippen molar-refractivity contribution in [3.05, 3.63) is 144 Å². The van der Waals surface area contributed by atoms with Gasteiger partial charge in [-0.15, -0.1) is 0 Å². The summed E-state index contributed by atoms with van der Waals surface area (Å²) >= 11 is 0. The minimum absolute atomic E-state index is 0.690. The molecule has 0 fully saturated rings. The third kappa shape index (κ3) is 3.37. The van der Waals surface area contributed by atoms with Gasteiger partial charge in [0.25, 0.3) is 0 Å². The van der Waals surface area contributed by atoms with Gasteiger partial charge in [-0.1, -0.05) is 84.9 Å². The molecule has 1 heterocycles. The van der Waals surface area contributed by atoms with E-state index in [-0.39, 0.29) is 0 Å². The molecule has 0 bridgehead atoms. The highest BCUT2D eigenvalue weighted by Gasteiger charge is 2.24. The second-order valence-corrected chi connectivity index (χ2v) is 10.4. The molecule has 0 spiro atoms. The van der Waals surface area contributed by atoms with Crippen molar-refractivity contribution in [3.63, 3.8) is 0 Å². The van der Waals surface area contributed by atoms with Crippen LogP contribution < -0.4 is 9.80 Å². The highest BCUT2D eigenvalue weighted by atomic mass is 15.2. The molecule has 0 saturated heterocycles. The Labute approximate surface area is 233 Å². The van der Waals surface area contributed by atoms with Gasteiger partial charge in [-0.2, -0.15) is 0 Å². The van der Waals surface area contributed by atoms with Crippen LogP contribution in [0.4, 0.5) is 34.1 Å². The van der Waals surface area contributed by atoms with Gasteiger partial charge in [0.2, 0.25) is 0 Å². The zero-order valence-electron chi connectivity index (χ0n) is 21.9. The molecule has 0 unspecified atom stereocenters. The maximum Gasteiger partial charge on any atom is 0.189 e. The molecular weight excluding hydrogens is 486 g/mol. The Balaban J connectivity index is 1.39. The minimum Gasteiger partial charge on any atom is -0.342 e. The van der Waals surface area contributed by atoms with Gasteiger partial charge in [0.15, 0.2) is 5.69 Å². The summed E-state index contributed by atoms with van der Waals surface area (Å²) in [5.41, 5.74) is 7.79. The van der Waals surface area contributed by atoms with Crippen LogP contribution >= 0.6 is 0 Å². The third-order valence-corrected chi connectivity index (χ3v) is 8.27. The Hall–Kier alpha value is -5.33. The van der Waals surface area contributed by atoms with Crippen molar-refractivity contribution < 1.29 is 0 Å². The molecule has 8 rings (SSSR count). The van der Waals surface area contributed by atoms with E-state index < -0.39 is 0 Å². The number of benzene rings is 7. The fourth-order valence-corrected chi connectivity index (χ4v) is 6.47. The van der Waals surface area contributed by atoms with E-state index >= 15 is 0 Å². The van der Waals surface area contributed by atoms with E-state index in [2.05, 4.69) is 130 Å². The lowest BCUT2D eigenvalue weighted by atomic mass is 9.92. The van der Waals surface area contributed by atoms with E-state index in [1.807, 2.05) is 12.1 Å². The zero-order chi connectivity index (χ0) is 26.6. The topological polar surface area (TPSA) is 10.8 Å². The molecule has 188 valence electrons. The van der Waals surface area contributed by atoms with Crippen molar-refractivity contribution in [3.8, 4) is 0 Å². The summed E-state index contributed by atoms with van der Waals surface area (Å²) in [5, 5.41) is 7.56. The lowest BCUT2D eigenvalue weighted by molar-refractivity contribution is 1.00. The Morgan fingerprint density at radius 3 is 1.93 bits per heavy atom. The molecule has 0 atom stereocenters. The molecule has 0 aromatic heterocycles. The quantitative estimate of drug-likeness (QED) is 0.172. The smallest absolute Gasteiger partial charge is 0.189 e. The van der Waals surface area contributed by atoms with E-state index in [4.69, 9.17) is 6.57 Å². The molecule has 0 radical (unpaired) electrons. The summed E-state index contributed by atoms with van der Waals surface area (Å²) in [7, 11) is 0. The SMILES string of the molecule is [C-]#[N+]c1ccc2c(c1)N(c1ccc3ccc4c(N(c5ccccc5)c5ccccc5)ccc5ccc1c3c54)CC2. The Morgan fingerprint density at radius 2 is 1.23 bits per heavy atom. The molecule has 7 aromatic rings. The van der Waals surface area contributed by atoms with E-state index in [9.17, 15) is 0 Å². The second kappa shape index (κ2) is 8.86. The first kappa shape index (κ1) is 22.6. The average Bonchev–Trinajstić information content (AvgIpc) is 3.44. The van der Waals surface area contributed by atoms with E-state index in [0.29, 0.717) is 5.69 Å². The zero-order valence-corrected chi connectivity index (χ0v) is 21.9. The van der Waals surface area contributed by atoms with E-state index in [1.54, 1.807) is 0 Å². The fraction of sp³-hybridized carbons (Fsp3) is 0.0541. The summed E-state index contributed by atoms with van der Waals surface area (Å²) in [6, 6.07) is 45.4. The number of para-hydroxylation sites is 2. The largest absolute Gasteiger partial charge is 0.342 e. The van der Waals surface area contributed by atoms with Gasteiger partial charge < -0.3 is 9.80 Å². The molecule has 3 nitrogen and oxygen atoms in total. The van der Waals surface area contributed by atoms with Crippen LogP contribution in [0.5, 0.6) is 0 Å². The number of rotatable bonds is 4. The van der Waals surface area contributed by atoms with Gasteiger partial charge in [-0.25, -0.2) is 4.85 Å². The maximum atomic E-state index is 7.53. The van der Waals surface area contributed by atoms with Crippen molar-refractivity contribution in [1.29, 1.82) is 0 Å². The number of hydrogen-bond donors (Lipinski definition) is 0. The molecule has 0 aliphatic carbocycles. The van der Waals surface area contributed by atoms with Gasteiger partial charge in [0, 0.05) is 40.1 Å². The van der Waals surface area contributed by atoms with Crippen molar-refractivity contribution in [1.82, 2.24) is 0 Å². The van der Waals surface area contributed by atoms with E-state index in [0.717, 1.165) is 35.7 Å². The average molecular weight is 512 g/mol. The van der Waals surface area contributed by atoms with Crippen LogP contribution in [-0.4, -0.2) is 6.54 Å². The van der Waals surface area contributed by atoms with E-state index in [1.165, 1.54) is 43.6 Å². The van der Waals surface area contributed by atoms with Gasteiger partial charge >= 0.3 is 0 Å². The molecule has 0 N–H and O–H groups in total. The molecule has 1 aliphatic rings. The molecule has 0 amide bonds. The summed E-state index contributed by atoms with van der Waals surface area (Å²) in [6.07, 6.45) is 0.989. The second-order valence-electron chi connectivity index (χ2n) is 10.4. The molecule has 1 aliphatic heterocycles. The van der Waals surface area contributed by atoms with Gasteiger partial charge in [0.1, 0.15) is 0 Å². The van der Waals surface area contributed by atoms with Crippen molar-refractivity contribution >= 4 is 66.4 Å². The molecule has 3 heteroatoms. The first-order valence-corrected chi connectivity index (χ1v) is 13.7. The maximum absolute atomic E-state index is 7.53. The minimum atomic E-state index is 0.690. The number of anilines is 5. The lowest BCUT2D eigenvalue weighted by Gasteiger charge is -2.28. The normalized spacial score (nSPS) is 12.7. The Bertz CT molecular complexity index is 2030. The summed E-state index contributed by atoms with van der Waals surface area (Å²) in [5.74, 6) is 0. The number of fused-ring (bicyclic) bond motifs is 1. The van der Waals surface area contributed by atoms with Gasteiger partial charge in [-0.05, 0) is 76.0 Å². The Morgan fingerprint density at radius 1 is 0.600 bits per heavy atom. The monoisotopic (exact) mass is 511 g/mol. The highest BCUT2D eigenvalue weighted by molar-refractivity contribution is 6.28. The third-order valence-electron chi connectivity index (χ3n) is 8.27. The number of nitrogens with zero attached hydrogens (tertiary/aromatic N) is 3. The van der Waals surface area contributed by atoms with Crippen LogP contribution in [-0.2, 0) is 6.42 Å². The van der Waals surface area contributed by atoms with Crippen LogP contribution in [0.2, 0.25) is 0 Å². The molecular formula is C37H25N3. The van der Waals surface area contributed by atoms with Crippen LogP contribution in [0.25, 0.3) is 37.2 Å². The number of hydrogen-bond acceptors (Lipinski definition) is 2. The van der Waals surface area contributed by atoms with Gasteiger partial charge in [-0.3, -0.25) is 0 Å². The fourth-order valence-electron chi connectivity index (χ4n) is 6.47. The Kier molecular flexibility index (Phi) is 5.02. The molecule has 0 saturated carbocycles. The predicted octanol–water partition coefficient (Wildman–Crippen LogP) is 10.3. The lowest BCUT2D eigenvalue weighted by Crippen LogP contribution is -2.13. The predicted molar refractivity (Wildman–Crippen MR) is 168 cm³/mol. The molecule has 7 aromatic carbocycles. The van der Waals surface area contributed by atoms with Crippen molar-refractivity contribution in [2.75, 3.05) is 16.3 Å². The summed E-state index contributed by atoms with van der Waals surface area (Å²) in [4.78, 5) is 8.46. The van der Waals surface area contributed by atoms with Crippen LogP contribution in [0.1, 0.15) is 5.56 Å². The van der Waals surface area contributed by atoms with Crippen LogP contribution in [0.15, 0.2) is 127 Å². The summed E-state index contributed by atoms with van der Waals surface area (Å²) in [6.45, 7) is 8.45. The first-order valence-electron chi connectivity index (χ1n) is 13.7. The molecule has 40 heavy (non-hydrogen) atoms. The van der Waals surface area contributed by atoms with Crippen LogP contribution in [0.3, 0.4) is 0 Å². The van der Waals surface area contributed by atoms with Crippen LogP contribution in [0, 0.1) is 6.57 Å². The highest BCUT2D eigenvalue weighted by Crippen LogP contribution is 2.47.